The van der Waals surface area contributed by atoms with E-state index in [2.05, 4.69) is 41.8 Å². The number of aryl methyl sites for hydroxylation is 2. The molecule has 2 aromatic carbocycles. The summed E-state index contributed by atoms with van der Waals surface area (Å²) in [5.41, 5.74) is 5.42. The van der Waals surface area contributed by atoms with Crippen LogP contribution in [-0.2, 0) is 12.8 Å². The first-order valence-corrected chi connectivity index (χ1v) is 10.5. The number of unbranched alkanes of at least 4 members (excludes halogenated alkanes) is 2. The lowest BCUT2D eigenvalue weighted by Crippen LogP contribution is -2.47. The lowest BCUT2D eigenvalue weighted by molar-refractivity contribution is 0.261. The Labute approximate surface area is 176 Å². The molecular weight excluding hydrogens is 371 g/mol. The van der Waals surface area contributed by atoms with Crippen LogP contribution in [0, 0.1) is 12.7 Å². The zero-order chi connectivity index (χ0) is 19.1. The third-order valence-electron chi connectivity index (χ3n) is 5.73. The number of rotatable bonds is 8. The van der Waals surface area contributed by atoms with E-state index < -0.39 is 0 Å². The Kier molecular flexibility index (Phi) is 9.27. The van der Waals surface area contributed by atoms with E-state index in [1.807, 2.05) is 6.07 Å². The number of nitrogens with zero attached hydrogens (tertiary/aromatic N) is 2. The van der Waals surface area contributed by atoms with Crippen molar-refractivity contribution < 1.29 is 4.39 Å². The molecule has 0 amide bonds. The van der Waals surface area contributed by atoms with E-state index in [1.165, 1.54) is 48.4 Å². The van der Waals surface area contributed by atoms with E-state index in [1.54, 1.807) is 12.1 Å². The summed E-state index contributed by atoms with van der Waals surface area (Å²) in [7, 11) is 0. The predicted molar refractivity (Wildman–Crippen MR) is 120 cm³/mol. The number of piperazine rings is 1. The van der Waals surface area contributed by atoms with E-state index >= 15 is 0 Å². The first-order valence-electron chi connectivity index (χ1n) is 10.5. The van der Waals surface area contributed by atoms with Gasteiger partial charge in [-0.3, -0.25) is 4.90 Å². The molecule has 1 heterocycles. The molecule has 2 aromatic rings. The zero-order valence-corrected chi connectivity index (χ0v) is 18.1. The number of hydrogen-bond donors (Lipinski definition) is 0. The van der Waals surface area contributed by atoms with Gasteiger partial charge in [-0.15, -0.1) is 12.4 Å². The maximum Gasteiger partial charge on any atom is 0.125 e. The minimum absolute atomic E-state index is 0. The SMILES string of the molecule is CCCCCc1cc(CCN2CCN(c3cccc(F)c3)CC2)ccc1C.Cl. The smallest absolute Gasteiger partial charge is 0.125 e. The van der Waals surface area contributed by atoms with Gasteiger partial charge in [0.2, 0.25) is 0 Å². The van der Waals surface area contributed by atoms with Gasteiger partial charge in [-0.1, -0.05) is 44.0 Å². The largest absolute Gasteiger partial charge is 0.369 e. The second-order valence-corrected chi connectivity index (χ2v) is 7.78. The van der Waals surface area contributed by atoms with Gasteiger partial charge >= 0.3 is 0 Å². The molecule has 4 heteroatoms. The van der Waals surface area contributed by atoms with Gasteiger partial charge in [0.15, 0.2) is 0 Å². The van der Waals surface area contributed by atoms with E-state index in [9.17, 15) is 4.39 Å². The van der Waals surface area contributed by atoms with Crippen molar-refractivity contribution in [1.82, 2.24) is 4.90 Å². The molecule has 0 aliphatic carbocycles. The summed E-state index contributed by atoms with van der Waals surface area (Å²) >= 11 is 0. The Morgan fingerprint density at radius 2 is 1.71 bits per heavy atom. The topological polar surface area (TPSA) is 6.48 Å². The van der Waals surface area contributed by atoms with E-state index in [4.69, 9.17) is 0 Å². The normalized spacial score (nSPS) is 14.8. The number of hydrogen-bond acceptors (Lipinski definition) is 2. The van der Waals surface area contributed by atoms with Crippen LogP contribution in [0.3, 0.4) is 0 Å². The van der Waals surface area contributed by atoms with Crippen molar-refractivity contribution in [3.8, 4) is 0 Å². The fraction of sp³-hybridized carbons (Fsp3) is 0.500. The third kappa shape index (κ3) is 6.49. The summed E-state index contributed by atoms with van der Waals surface area (Å²) in [4.78, 5) is 4.82. The third-order valence-corrected chi connectivity index (χ3v) is 5.73. The standard InChI is InChI=1S/C24H33FN2.ClH/c1-3-4-5-7-22-18-21(11-10-20(22)2)12-13-26-14-16-27(17-15-26)24-9-6-8-23(25)19-24;/h6,8-11,18-19H,3-5,7,12-17H2,1-2H3;1H. The molecule has 154 valence electrons. The molecule has 1 aliphatic rings. The number of halogens is 2. The second-order valence-electron chi connectivity index (χ2n) is 7.78. The van der Waals surface area contributed by atoms with Crippen LogP contribution in [0.15, 0.2) is 42.5 Å². The predicted octanol–water partition coefficient (Wildman–Crippen LogP) is 5.65. The molecule has 0 unspecified atom stereocenters. The van der Waals surface area contributed by atoms with Gasteiger partial charge in [0, 0.05) is 38.4 Å². The molecule has 0 spiro atoms. The van der Waals surface area contributed by atoms with E-state index in [0.29, 0.717) is 0 Å². The highest BCUT2D eigenvalue weighted by Gasteiger charge is 2.17. The van der Waals surface area contributed by atoms with Crippen molar-refractivity contribution in [3.05, 3.63) is 65.0 Å². The highest BCUT2D eigenvalue weighted by atomic mass is 35.5. The lowest BCUT2D eigenvalue weighted by atomic mass is 9.98. The summed E-state index contributed by atoms with van der Waals surface area (Å²) in [5, 5.41) is 0. The monoisotopic (exact) mass is 404 g/mol. The Hall–Kier alpha value is -1.58. The molecule has 28 heavy (non-hydrogen) atoms. The van der Waals surface area contributed by atoms with Crippen LogP contribution in [0.25, 0.3) is 0 Å². The molecule has 0 radical (unpaired) electrons. The lowest BCUT2D eigenvalue weighted by Gasteiger charge is -2.36. The molecule has 1 fully saturated rings. The van der Waals surface area contributed by atoms with Crippen LogP contribution in [0.2, 0.25) is 0 Å². The van der Waals surface area contributed by atoms with E-state index in [0.717, 1.165) is 44.8 Å². The highest BCUT2D eigenvalue weighted by molar-refractivity contribution is 5.85. The molecule has 0 N–H and O–H groups in total. The molecular formula is C24H34ClFN2. The molecule has 1 saturated heterocycles. The second kappa shape index (κ2) is 11.4. The molecule has 1 aliphatic heterocycles. The summed E-state index contributed by atoms with van der Waals surface area (Å²) in [6.07, 6.45) is 6.21. The van der Waals surface area contributed by atoms with Gasteiger partial charge < -0.3 is 4.90 Å². The Morgan fingerprint density at radius 3 is 2.43 bits per heavy atom. The van der Waals surface area contributed by atoms with Crippen molar-refractivity contribution in [2.75, 3.05) is 37.6 Å². The van der Waals surface area contributed by atoms with Crippen LogP contribution < -0.4 is 4.90 Å². The van der Waals surface area contributed by atoms with Gasteiger partial charge in [0.05, 0.1) is 0 Å². The maximum absolute atomic E-state index is 13.4. The van der Waals surface area contributed by atoms with Crippen molar-refractivity contribution >= 4 is 18.1 Å². The first kappa shape index (κ1) is 22.7. The first-order chi connectivity index (χ1) is 13.2. The minimum atomic E-state index is -0.149. The summed E-state index contributed by atoms with van der Waals surface area (Å²) in [6, 6.07) is 14.0. The summed E-state index contributed by atoms with van der Waals surface area (Å²) < 4.78 is 13.4. The highest BCUT2D eigenvalue weighted by Crippen LogP contribution is 2.19. The Morgan fingerprint density at radius 1 is 0.929 bits per heavy atom. The molecule has 0 bridgehead atoms. The van der Waals surface area contributed by atoms with Gasteiger partial charge in [-0.2, -0.15) is 0 Å². The van der Waals surface area contributed by atoms with Crippen molar-refractivity contribution in [1.29, 1.82) is 0 Å². The minimum Gasteiger partial charge on any atom is -0.369 e. The Bertz CT molecular complexity index is 726. The van der Waals surface area contributed by atoms with E-state index in [-0.39, 0.29) is 18.2 Å². The summed E-state index contributed by atoms with van der Waals surface area (Å²) in [5.74, 6) is -0.149. The quantitative estimate of drug-likeness (QED) is 0.524. The average Bonchev–Trinajstić information content (AvgIpc) is 2.69. The van der Waals surface area contributed by atoms with Crippen molar-refractivity contribution in [3.63, 3.8) is 0 Å². The zero-order valence-electron chi connectivity index (χ0n) is 17.3. The molecule has 2 nitrogen and oxygen atoms in total. The van der Waals surface area contributed by atoms with Crippen LogP contribution in [-0.4, -0.2) is 37.6 Å². The van der Waals surface area contributed by atoms with Crippen LogP contribution in [0.1, 0.15) is 42.9 Å². The fourth-order valence-electron chi connectivity index (χ4n) is 3.90. The number of benzene rings is 2. The molecule has 3 rings (SSSR count). The maximum atomic E-state index is 13.4. The molecule has 0 atom stereocenters. The average molecular weight is 405 g/mol. The van der Waals surface area contributed by atoms with Crippen LogP contribution >= 0.6 is 12.4 Å². The van der Waals surface area contributed by atoms with Crippen molar-refractivity contribution in [2.45, 2.75) is 46.0 Å². The molecule has 0 aromatic heterocycles. The fourth-order valence-corrected chi connectivity index (χ4v) is 3.90. The van der Waals surface area contributed by atoms with Gasteiger partial charge in [-0.25, -0.2) is 4.39 Å². The van der Waals surface area contributed by atoms with Crippen LogP contribution in [0.4, 0.5) is 10.1 Å². The number of anilines is 1. The van der Waals surface area contributed by atoms with Gasteiger partial charge in [0.25, 0.3) is 0 Å². The van der Waals surface area contributed by atoms with Crippen LogP contribution in [0.5, 0.6) is 0 Å². The molecule has 0 saturated carbocycles. The Balaban J connectivity index is 0.00000280. The van der Waals surface area contributed by atoms with Gasteiger partial charge in [0.1, 0.15) is 5.82 Å². The van der Waals surface area contributed by atoms with Crippen molar-refractivity contribution in [2.24, 2.45) is 0 Å². The summed E-state index contributed by atoms with van der Waals surface area (Å²) in [6.45, 7) is 9.64. The van der Waals surface area contributed by atoms with Gasteiger partial charge in [-0.05, 0) is 61.1 Å².